The number of hydrogen-bond acceptors (Lipinski definition) is 5. The molecule has 7 heteroatoms. The highest BCUT2D eigenvalue weighted by Crippen LogP contribution is 2.06. The van der Waals surface area contributed by atoms with Crippen molar-refractivity contribution in [3.05, 3.63) is 0 Å². The van der Waals surface area contributed by atoms with Crippen LogP contribution < -0.4 is 11.1 Å². The number of alkyl carbamates (subject to hydrolysis) is 1. The highest BCUT2D eigenvalue weighted by Gasteiger charge is 2.15. The number of hydrogen-bond donors (Lipinski definition) is 4. The first kappa shape index (κ1) is 15.5. The molecule has 0 aromatic rings. The number of nitrogens with zero attached hydrogens (tertiary/aromatic N) is 1. The van der Waals surface area contributed by atoms with Crippen molar-refractivity contribution in [1.82, 2.24) is 5.32 Å². The monoisotopic (exact) mass is 247 g/mol. The van der Waals surface area contributed by atoms with Crippen LogP contribution in [-0.2, 0) is 4.74 Å². The average molecular weight is 247 g/mol. The Labute approximate surface area is 101 Å². The van der Waals surface area contributed by atoms with Crippen molar-refractivity contribution >= 4 is 11.9 Å². The molecule has 1 amide bonds. The highest BCUT2D eigenvalue weighted by atomic mass is 16.6. The fourth-order valence-electron chi connectivity index (χ4n) is 1.01. The van der Waals surface area contributed by atoms with Gasteiger partial charge in [0.05, 0.1) is 0 Å². The molecule has 0 saturated carbocycles. The van der Waals surface area contributed by atoms with Gasteiger partial charge in [-0.1, -0.05) is 5.16 Å². The van der Waals surface area contributed by atoms with E-state index in [-0.39, 0.29) is 5.84 Å². The third-order valence-electron chi connectivity index (χ3n) is 1.78. The summed E-state index contributed by atoms with van der Waals surface area (Å²) in [5.41, 5.74) is 4.65. The van der Waals surface area contributed by atoms with Crippen molar-refractivity contribution < 1.29 is 19.8 Å². The van der Waals surface area contributed by atoms with Gasteiger partial charge in [0.25, 0.3) is 0 Å². The van der Waals surface area contributed by atoms with Gasteiger partial charge in [0, 0.05) is 6.54 Å². The van der Waals surface area contributed by atoms with Crippen LogP contribution in [0.1, 0.15) is 33.6 Å². The van der Waals surface area contributed by atoms with Gasteiger partial charge in [-0.2, -0.15) is 0 Å². The van der Waals surface area contributed by atoms with E-state index in [2.05, 4.69) is 10.5 Å². The average Bonchev–Trinajstić information content (AvgIpc) is 2.20. The van der Waals surface area contributed by atoms with Gasteiger partial charge in [-0.3, -0.25) is 0 Å². The maximum absolute atomic E-state index is 11.2. The van der Waals surface area contributed by atoms with E-state index in [1.54, 1.807) is 20.8 Å². The summed E-state index contributed by atoms with van der Waals surface area (Å²) in [5, 5.41) is 22.8. The van der Waals surface area contributed by atoms with Gasteiger partial charge in [-0.25, -0.2) is 4.79 Å². The number of carbonyl (C=O) groups is 1. The van der Waals surface area contributed by atoms with Crippen molar-refractivity contribution in [3.8, 4) is 0 Å². The molecule has 17 heavy (non-hydrogen) atoms. The highest BCUT2D eigenvalue weighted by molar-refractivity contribution is 5.83. The molecule has 5 N–H and O–H groups in total. The summed E-state index contributed by atoms with van der Waals surface area (Å²) in [5.74, 6) is -0.234. The maximum atomic E-state index is 11.2. The third-order valence-corrected chi connectivity index (χ3v) is 1.78. The van der Waals surface area contributed by atoms with Gasteiger partial charge in [-0.15, -0.1) is 0 Å². The fraction of sp³-hybridized carbons (Fsp3) is 0.800. The molecule has 0 heterocycles. The molecular weight excluding hydrogens is 226 g/mol. The van der Waals surface area contributed by atoms with Crippen LogP contribution in [0.3, 0.4) is 0 Å². The summed E-state index contributed by atoms with van der Waals surface area (Å²) in [6.07, 6.45) is -0.710. The van der Waals surface area contributed by atoms with Crippen molar-refractivity contribution in [1.29, 1.82) is 0 Å². The van der Waals surface area contributed by atoms with E-state index < -0.39 is 17.8 Å². The molecule has 1 unspecified atom stereocenters. The van der Waals surface area contributed by atoms with Crippen molar-refractivity contribution in [2.45, 2.75) is 45.3 Å². The quantitative estimate of drug-likeness (QED) is 0.184. The lowest BCUT2D eigenvalue weighted by molar-refractivity contribution is 0.0525. The number of ether oxygens (including phenoxy) is 1. The maximum Gasteiger partial charge on any atom is 0.407 e. The number of amidine groups is 1. The molecule has 0 rings (SSSR count). The standard InChI is InChI=1S/C10H21N3O4/c1-10(2,3)17-9(15)12-6-4-5-7(14)8(11)13-16/h7,14,16H,4-6H2,1-3H3,(H2,11,13)(H,12,15). The SMILES string of the molecule is CC(C)(C)OC(=O)NCCCC(O)C(N)=NO. The molecule has 0 aromatic heterocycles. The van der Waals surface area contributed by atoms with Crippen LogP contribution in [0.2, 0.25) is 0 Å². The summed E-state index contributed by atoms with van der Waals surface area (Å²) in [4.78, 5) is 11.2. The van der Waals surface area contributed by atoms with Gasteiger partial charge in [0.15, 0.2) is 5.84 Å². The Kier molecular flexibility index (Phi) is 6.34. The number of aliphatic hydroxyl groups is 1. The topological polar surface area (TPSA) is 117 Å². The fourth-order valence-corrected chi connectivity index (χ4v) is 1.01. The van der Waals surface area contributed by atoms with E-state index in [9.17, 15) is 9.90 Å². The molecule has 0 aliphatic carbocycles. The summed E-state index contributed by atoms with van der Waals surface area (Å²) < 4.78 is 5.01. The predicted molar refractivity (Wildman–Crippen MR) is 62.9 cm³/mol. The molecule has 100 valence electrons. The zero-order valence-corrected chi connectivity index (χ0v) is 10.4. The molecule has 0 fully saturated rings. The van der Waals surface area contributed by atoms with Crippen LogP contribution in [0.4, 0.5) is 4.79 Å². The molecule has 7 nitrogen and oxygen atoms in total. The van der Waals surface area contributed by atoms with Gasteiger partial charge in [0.1, 0.15) is 11.7 Å². The Bertz CT molecular complexity index is 273. The molecule has 0 spiro atoms. The van der Waals surface area contributed by atoms with E-state index in [1.165, 1.54) is 0 Å². The lowest BCUT2D eigenvalue weighted by Crippen LogP contribution is -2.34. The Hall–Kier alpha value is -1.50. The van der Waals surface area contributed by atoms with Gasteiger partial charge in [0.2, 0.25) is 0 Å². The molecule has 0 aromatic carbocycles. The van der Waals surface area contributed by atoms with Crippen LogP contribution in [0.5, 0.6) is 0 Å². The molecular formula is C10H21N3O4. The lowest BCUT2D eigenvalue weighted by Gasteiger charge is -2.19. The largest absolute Gasteiger partial charge is 0.444 e. The predicted octanol–water partition coefficient (Wildman–Crippen LogP) is 0.399. The Morgan fingerprint density at radius 3 is 2.59 bits per heavy atom. The van der Waals surface area contributed by atoms with Crippen molar-refractivity contribution in [2.75, 3.05) is 6.54 Å². The normalized spacial score (nSPS) is 14.2. The summed E-state index contributed by atoms with van der Waals surface area (Å²) in [6.45, 7) is 5.67. The molecule has 0 bridgehead atoms. The minimum absolute atomic E-state index is 0.234. The van der Waals surface area contributed by atoms with E-state index in [1.807, 2.05) is 0 Å². The van der Waals surface area contributed by atoms with E-state index in [0.29, 0.717) is 19.4 Å². The Morgan fingerprint density at radius 2 is 2.12 bits per heavy atom. The first-order valence-electron chi connectivity index (χ1n) is 5.38. The van der Waals surface area contributed by atoms with E-state index in [4.69, 9.17) is 15.7 Å². The summed E-state index contributed by atoms with van der Waals surface area (Å²) >= 11 is 0. The van der Waals surface area contributed by atoms with Crippen molar-refractivity contribution in [3.63, 3.8) is 0 Å². The second kappa shape index (κ2) is 6.95. The number of aliphatic hydroxyl groups excluding tert-OH is 1. The van der Waals surface area contributed by atoms with E-state index >= 15 is 0 Å². The molecule has 1 atom stereocenters. The number of nitrogens with one attached hydrogen (secondary N) is 1. The van der Waals surface area contributed by atoms with Crippen LogP contribution in [0.15, 0.2) is 5.16 Å². The van der Waals surface area contributed by atoms with Gasteiger partial charge >= 0.3 is 6.09 Å². The van der Waals surface area contributed by atoms with Gasteiger partial charge in [-0.05, 0) is 33.6 Å². The number of nitrogens with two attached hydrogens (primary N) is 1. The number of rotatable bonds is 5. The first-order valence-corrected chi connectivity index (χ1v) is 5.38. The lowest BCUT2D eigenvalue weighted by atomic mass is 10.2. The number of oxime groups is 1. The van der Waals surface area contributed by atoms with Gasteiger partial charge < -0.3 is 26.1 Å². The van der Waals surface area contributed by atoms with Crippen molar-refractivity contribution in [2.24, 2.45) is 10.9 Å². The summed E-state index contributed by atoms with van der Waals surface area (Å²) in [6, 6.07) is 0. The summed E-state index contributed by atoms with van der Waals surface area (Å²) in [7, 11) is 0. The van der Waals surface area contributed by atoms with E-state index in [0.717, 1.165) is 0 Å². The Balaban J connectivity index is 3.69. The van der Waals surface area contributed by atoms with Crippen LogP contribution in [-0.4, -0.2) is 40.5 Å². The molecule has 0 saturated heterocycles. The zero-order chi connectivity index (χ0) is 13.5. The number of carbonyl (C=O) groups excluding carboxylic acids is 1. The van der Waals surface area contributed by atoms with Crippen LogP contribution in [0.25, 0.3) is 0 Å². The van der Waals surface area contributed by atoms with Crippen LogP contribution in [0, 0.1) is 0 Å². The molecule has 0 aliphatic heterocycles. The molecule has 0 aliphatic rings. The zero-order valence-electron chi connectivity index (χ0n) is 10.4. The third kappa shape index (κ3) is 8.32. The smallest absolute Gasteiger partial charge is 0.407 e. The first-order chi connectivity index (χ1) is 7.76. The van der Waals surface area contributed by atoms with Crippen LogP contribution >= 0.6 is 0 Å². The second-order valence-corrected chi connectivity index (χ2v) is 4.61. The minimum atomic E-state index is -1.000. The minimum Gasteiger partial charge on any atom is -0.444 e. The molecule has 0 radical (unpaired) electrons. The number of amides is 1. The second-order valence-electron chi connectivity index (χ2n) is 4.61. The Morgan fingerprint density at radius 1 is 1.53 bits per heavy atom.